The van der Waals surface area contributed by atoms with Crippen molar-refractivity contribution >= 4 is 17.0 Å². The fraction of sp³-hybridized carbons (Fsp3) is 0.500. The van der Waals surface area contributed by atoms with Gasteiger partial charge in [0.15, 0.2) is 0 Å². The molecule has 4 heteroatoms. The Bertz CT molecular complexity index is 632. The van der Waals surface area contributed by atoms with Crippen molar-refractivity contribution in [3.05, 3.63) is 30.1 Å². The summed E-state index contributed by atoms with van der Waals surface area (Å²) in [6, 6.07) is 8.09. The summed E-state index contributed by atoms with van der Waals surface area (Å²) in [6.45, 7) is 3.04. The Morgan fingerprint density at radius 1 is 1.40 bits per heavy atom. The van der Waals surface area contributed by atoms with E-state index in [2.05, 4.69) is 17.6 Å². The van der Waals surface area contributed by atoms with E-state index in [1.807, 2.05) is 18.2 Å². The molecule has 1 fully saturated rings. The van der Waals surface area contributed by atoms with Crippen LogP contribution in [0.4, 0.5) is 0 Å². The highest BCUT2D eigenvalue weighted by atomic mass is 16.4. The van der Waals surface area contributed by atoms with Crippen LogP contribution in [0.5, 0.6) is 0 Å². The van der Waals surface area contributed by atoms with Gasteiger partial charge in [-0.25, -0.2) is 4.98 Å². The van der Waals surface area contributed by atoms with Crippen molar-refractivity contribution in [2.75, 3.05) is 0 Å². The maximum Gasteiger partial charge on any atom is 0.307 e. The summed E-state index contributed by atoms with van der Waals surface area (Å²) in [5, 5.41) is 9.40. The summed E-state index contributed by atoms with van der Waals surface area (Å²) < 4.78 is 2.22. The lowest BCUT2D eigenvalue weighted by Crippen LogP contribution is -2.20. The van der Waals surface area contributed by atoms with Gasteiger partial charge < -0.3 is 9.67 Å². The van der Waals surface area contributed by atoms with Crippen LogP contribution in [0.1, 0.15) is 44.3 Å². The van der Waals surface area contributed by atoms with Gasteiger partial charge in [0.2, 0.25) is 0 Å². The first-order valence-corrected chi connectivity index (χ1v) is 7.40. The van der Waals surface area contributed by atoms with Crippen molar-refractivity contribution in [1.82, 2.24) is 9.55 Å². The zero-order valence-electron chi connectivity index (χ0n) is 11.7. The molecule has 1 aromatic carbocycles. The Balaban J connectivity index is 2.10. The molecule has 1 aliphatic carbocycles. The second-order valence-electron chi connectivity index (χ2n) is 5.59. The first kappa shape index (κ1) is 13.2. The van der Waals surface area contributed by atoms with Crippen LogP contribution in [0, 0.1) is 5.92 Å². The molecular formula is C16H20N2O2. The van der Waals surface area contributed by atoms with Crippen LogP contribution in [-0.2, 0) is 11.3 Å². The Labute approximate surface area is 118 Å². The van der Waals surface area contributed by atoms with Crippen LogP contribution in [0.25, 0.3) is 11.0 Å². The summed E-state index contributed by atoms with van der Waals surface area (Å²) in [7, 11) is 0. The van der Waals surface area contributed by atoms with Gasteiger partial charge in [0.1, 0.15) is 5.82 Å². The fourth-order valence-corrected chi connectivity index (χ4v) is 3.40. The monoisotopic (exact) mass is 272 g/mol. The number of rotatable bonds is 4. The lowest BCUT2D eigenvalue weighted by molar-refractivity contribution is -0.142. The molecule has 0 aliphatic heterocycles. The molecule has 0 radical (unpaired) electrons. The van der Waals surface area contributed by atoms with Gasteiger partial charge in [-0.05, 0) is 31.4 Å². The topological polar surface area (TPSA) is 55.1 Å². The third-order valence-corrected chi connectivity index (χ3v) is 4.30. The highest BCUT2D eigenvalue weighted by molar-refractivity contribution is 5.77. The summed E-state index contributed by atoms with van der Waals surface area (Å²) in [6.07, 6.45) is 3.72. The molecule has 1 N–H and O–H groups in total. The minimum atomic E-state index is -0.678. The summed E-state index contributed by atoms with van der Waals surface area (Å²) in [5.74, 6) is 0.0782. The number of imidazole rings is 1. The molecular weight excluding hydrogens is 252 g/mol. The van der Waals surface area contributed by atoms with Crippen molar-refractivity contribution in [1.29, 1.82) is 0 Å². The summed E-state index contributed by atoms with van der Waals surface area (Å²) in [4.78, 5) is 16.2. The highest BCUT2D eigenvalue weighted by Crippen LogP contribution is 2.40. The summed E-state index contributed by atoms with van der Waals surface area (Å²) in [5.41, 5.74) is 2.10. The summed E-state index contributed by atoms with van der Waals surface area (Å²) >= 11 is 0. The number of carboxylic acid groups (broad SMARTS) is 1. The molecule has 1 aliphatic rings. The third-order valence-electron chi connectivity index (χ3n) is 4.30. The van der Waals surface area contributed by atoms with Gasteiger partial charge in [0, 0.05) is 12.5 Å². The number of aryl methyl sites for hydroxylation is 1. The van der Waals surface area contributed by atoms with Crippen LogP contribution in [0.15, 0.2) is 24.3 Å². The molecule has 0 bridgehead atoms. The van der Waals surface area contributed by atoms with E-state index in [1.54, 1.807) is 0 Å². The molecule has 20 heavy (non-hydrogen) atoms. The van der Waals surface area contributed by atoms with Gasteiger partial charge >= 0.3 is 5.97 Å². The maximum absolute atomic E-state index is 11.4. The highest BCUT2D eigenvalue weighted by Gasteiger charge is 2.37. The van der Waals surface area contributed by atoms with E-state index in [1.165, 1.54) is 0 Å². The lowest BCUT2D eigenvalue weighted by Gasteiger charge is -2.17. The Morgan fingerprint density at radius 3 is 2.95 bits per heavy atom. The number of aromatic nitrogens is 2. The minimum Gasteiger partial charge on any atom is -0.481 e. The Kier molecular flexibility index (Phi) is 3.47. The fourth-order valence-electron chi connectivity index (χ4n) is 3.40. The Hall–Kier alpha value is -1.84. The molecule has 1 saturated carbocycles. The van der Waals surface area contributed by atoms with E-state index >= 15 is 0 Å². The van der Waals surface area contributed by atoms with Crippen LogP contribution >= 0.6 is 0 Å². The van der Waals surface area contributed by atoms with Crippen molar-refractivity contribution < 1.29 is 9.90 Å². The van der Waals surface area contributed by atoms with Gasteiger partial charge in [-0.2, -0.15) is 0 Å². The normalized spacial score (nSPS) is 22.4. The maximum atomic E-state index is 11.4. The number of benzene rings is 1. The lowest BCUT2D eigenvalue weighted by atomic mass is 9.95. The molecule has 1 heterocycles. The predicted octanol–water partition coefficient (Wildman–Crippen LogP) is 3.41. The van der Waals surface area contributed by atoms with Crippen molar-refractivity contribution in [3.8, 4) is 0 Å². The average Bonchev–Trinajstić information content (AvgIpc) is 3.04. The molecule has 3 rings (SSSR count). The number of para-hydroxylation sites is 2. The van der Waals surface area contributed by atoms with E-state index in [-0.39, 0.29) is 11.8 Å². The van der Waals surface area contributed by atoms with Gasteiger partial charge in [-0.3, -0.25) is 4.79 Å². The second kappa shape index (κ2) is 5.27. The number of aliphatic carboxylic acids is 1. The molecule has 106 valence electrons. The molecule has 2 unspecified atom stereocenters. The molecule has 2 aromatic rings. The van der Waals surface area contributed by atoms with Gasteiger partial charge in [-0.1, -0.05) is 25.5 Å². The SMILES string of the molecule is CCCn1c(C2CCCC2C(=O)O)nc2ccccc21. The van der Waals surface area contributed by atoms with Crippen molar-refractivity contribution in [2.45, 2.75) is 45.1 Å². The smallest absolute Gasteiger partial charge is 0.307 e. The quantitative estimate of drug-likeness (QED) is 0.927. The zero-order chi connectivity index (χ0) is 14.1. The largest absolute Gasteiger partial charge is 0.481 e. The number of nitrogens with zero attached hydrogens (tertiary/aromatic N) is 2. The van der Waals surface area contributed by atoms with E-state index in [0.29, 0.717) is 0 Å². The molecule has 1 aromatic heterocycles. The van der Waals surface area contributed by atoms with Crippen LogP contribution < -0.4 is 0 Å². The van der Waals surface area contributed by atoms with E-state index in [0.717, 1.165) is 49.1 Å². The predicted molar refractivity (Wildman–Crippen MR) is 77.7 cm³/mol. The molecule has 0 amide bonds. The van der Waals surface area contributed by atoms with Gasteiger partial charge in [0.25, 0.3) is 0 Å². The van der Waals surface area contributed by atoms with E-state index < -0.39 is 5.97 Å². The van der Waals surface area contributed by atoms with Gasteiger partial charge in [-0.15, -0.1) is 0 Å². The zero-order valence-corrected chi connectivity index (χ0v) is 11.7. The third kappa shape index (κ3) is 2.09. The van der Waals surface area contributed by atoms with Crippen LogP contribution in [-0.4, -0.2) is 20.6 Å². The molecule has 2 atom stereocenters. The number of carbonyl (C=O) groups is 1. The van der Waals surface area contributed by atoms with Crippen LogP contribution in [0.3, 0.4) is 0 Å². The molecule has 0 saturated heterocycles. The molecule has 4 nitrogen and oxygen atoms in total. The first-order valence-electron chi connectivity index (χ1n) is 7.40. The number of carboxylic acids is 1. The Morgan fingerprint density at radius 2 is 2.20 bits per heavy atom. The van der Waals surface area contributed by atoms with Crippen LogP contribution in [0.2, 0.25) is 0 Å². The first-order chi connectivity index (χ1) is 9.72. The van der Waals surface area contributed by atoms with E-state index in [4.69, 9.17) is 4.98 Å². The number of hydrogen-bond donors (Lipinski definition) is 1. The van der Waals surface area contributed by atoms with Crippen molar-refractivity contribution in [3.63, 3.8) is 0 Å². The molecule has 0 spiro atoms. The second-order valence-corrected chi connectivity index (χ2v) is 5.59. The van der Waals surface area contributed by atoms with Gasteiger partial charge in [0.05, 0.1) is 17.0 Å². The number of fused-ring (bicyclic) bond motifs is 1. The van der Waals surface area contributed by atoms with Crippen molar-refractivity contribution in [2.24, 2.45) is 5.92 Å². The van der Waals surface area contributed by atoms with E-state index in [9.17, 15) is 9.90 Å². The number of hydrogen-bond acceptors (Lipinski definition) is 2. The minimum absolute atomic E-state index is 0.0615. The standard InChI is InChI=1S/C16H20N2O2/c1-2-10-18-14-9-4-3-8-13(14)17-15(18)11-6-5-7-12(11)16(19)20/h3-4,8-9,11-12H,2,5-7,10H2,1H3,(H,19,20). The average molecular weight is 272 g/mol.